The summed E-state index contributed by atoms with van der Waals surface area (Å²) >= 11 is 4.16. The Hall–Kier alpha value is -0.550. The quantitative estimate of drug-likeness (QED) is 0.171. The van der Waals surface area contributed by atoms with Gasteiger partial charge >= 0.3 is 0 Å². The second-order valence-electron chi connectivity index (χ2n) is 14.6. The van der Waals surface area contributed by atoms with Crippen molar-refractivity contribution in [2.45, 2.75) is 163 Å². The number of hydrogen-bond acceptors (Lipinski definition) is 1. The molecule has 4 fully saturated rings. The minimum absolute atomic E-state index is 0.00939. The van der Waals surface area contributed by atoms with E-state index < -0.39 is 0 Å². The van der Waals surface area contributed by atoms with E-state index in [0.717, 1.165) is 22.6 Å². The molecule has 4 aliphatic carbocycles. The molecule has 4 aliphatic rings. The van der Waals surface area contributed by atoms with Gasteiger partial charge in [-0.05, 0) is 113 Å². The van der Waals surface area contributed by atoms with Crippen LogP contribution in [0.15, 0.2) is 40.9 Å². The molecule has 4 saturated carbocycles. The molecular formula is C39H54BrNP2. The molecule has 2 aromatic carbocycles. The van der Waals surface area contributed by atoms with Crippen LogP contribution in [0.3, 0.4) is 0 Å². The molecule has 0 atom stereocenters. The van der Waals surface area contributed by atoms with Crippen molar-refractivity contribution in [3.05, 3.63) is 52.0 Å². The summed E-state index contributed by atoms with van der Waals surface area (Å²) in [7, 11) is 0.0188. The lowest BCUT2D eigenvalue weighted by Crippen LogP contribution is -2.21. The zero-order valence-corrected chi connectivity index (χ0v) is 29.9. The van der Waals surface area contributed by atoms with Crippen molar-refractivity contribution in [1.82, 2.24) is 4.98 Å². The van der Waals surface area contributed by atoms with Crippen molar-refractivity contribution < 1.29 is 0 Å². The number of halogens is 1. The molecule has 43 heavy (non-hydrogen) atoms. The van der Waals surface area contributed by atoms with E-state index in [1.165, 1.54) is 167 Å². The molecule has 0 bridgehead atoms. The van der Waals surface area contributed by atoms with Gasteiger partial charge in [0, 0.05) is 15.2 Å². The van der Waals surface area contributed by atoms with Crippen molar-refractivity contribution in [2.24, 2.45) is 0 Å². The third-order valence-electron chi connectivity index (χ3n) is 11.8. The highest BCUT2D eigenvalue weighted by Gasteiger charge is 2.33. The first-order valence-electron chi connectivity index (χ1n) is 18.3. The number of nitrogens with zero attached hydrogens (tertiary/aromatic N) is 1. The highest BCUT2D eigenvalue weighted by Crippen LogP contribution is 2.60. The summed E-state index contributed by atoms with van der Waals surface area (Å²) in [6.07, 6.45) is 32.1. The van der Waals surface area contributed by atoms with Crippen molar-refractivity contribution in [3.8, 4) is 0 Å². The van der Waals surface area contributed by atoms with Crippen LogP contribution in [0.5, 0.6) is 0 Å². The van der Waals surface area contributed by atoms with Crippen LogP contribution in [0.1, 0.15) is 140 Å². The summed E-state index contributed by atoms with van der Waals surface area (Å²) in [5.41, 5.74) is 9.67. The van der Waals surface area contributed by atoms with Crippen LogP contribution in [0.2, 0.25) is 0 Å². The van der Waals surface area contributed by atoms with Gasteiger partial charge in [-0.1, -0.05) is 129 Å². The molecule has 0 aliphatic heterocycles. The van der Waals surface area contributed by atoms with Crippen molar-refractivity contribution in [1.29, 1.82) is 0 Å². The van der Waals surface area contributed by atoms with Gasteiger partial charge in [-0.15, -0.1) is 0 Å². The Balaban J connectivity index is 1.26. The molecule has 0 spiro atoms. The summed E-state index contributed by atoms with van der Waals surface area (Å²) in [5, 5.41) is 2.68. The minimum Gasteiger partial charge on any atom is -0.247 e. The number of pyridine rings is 1. The molecule has 4 heteroatoms. The second kappa shape index (κ2) is 14.9. The number of hydrogen-bond donors (Lipinski definition) is 0. The van der Waals surface area contributed by atoms with E-state index in [2.05, 4.69) is 52.3 Å². The SMILES string of the molecule is Brc1c2cccc(CP(C3CCCCC3)C3CCCCC3)c2nc2c(CP(C3CCCCC3)C3CCCCC3)cccc12. The third-order valence-corrected chi connectivity index (χ3v) is 19.9. The fourth-order valence-electron chi connectivity index (χ4n) is 9.47. The van der Waals surface area contributed by atoms with E-state index in [0.29, 0.717) is 0 Å². The zero-order valence-electron chi connectivity index (χ0n) is 26.5. The van der Waals surface area contributed by atoms with E-state index in [9.17, 15) is 0 Å². The maximum absolute atomic E-state index is 5.72. The Morgan fingerprint density at radius 2 is 0.814 bits per heavy atom. The lowest BCUT2D eigenvalue weighted by molar-refractivity contribution is 0.484. The molecule has 1 aromatic heterocycles. The smallest absolute Gasteiger partial charge is 0.0756 e. The van der Waals surface area contributed by atoms with Crippen molar-refractivity contribution >= 4 is 53.6 Å². The number of aromatic nitrogens is 1. The standard InChI is InChI=1S/C39H54BrNP2/c40-37-35-25-13-15-29(27-42(31-17-5-1-6-18-31)32-19-7-2-8-20-32)38(35)41-39-30(16-14-26-36(37)39)28-43(33-21-9-3-10-22-33)34-23-11-4-12-24-34/h13-16,25-26,31-34H,1-12,17-24,27-28H2. The zero-order chi connectivity index (χ0) is 29.0. The van der Waals surface area contributed by atoms with Crippen molar-refractivity contribution in [3.63, 3.8) is 0 Å². The number of fused-ring (bicyclic) bond motifs is 2. The Kier molecular flexibility index (Phi) is 10.8. The maximum Gasteiger partial charge on any atom is 0.0756 e. The van der Waals surface area contributed by atoms with Gasteiger partial charge in [-0.25, -0.2) is 4.98 Å². The van der Waals surface area contributed by atoms with E-state index in [-0.39, 0.29) is 15.8 Å². The summed E-state index contributed by atoms with van der Waals surface area (Å²) in [4.78, 5) is 5.72. The summed E-state index contributed by atoms with van der Waals surface area (Å²) < 4.78 is 1.29. The maximum atomic E-state index is 5.72. The predicted molar refractivity (Wildman–Crippen MR) is 196 cm³/mol. The van der Waals surface area contributed by atoms with Crippen LogP contribution >= 0.6 is 31.8 Å². The van der Waals surface area contributed by atoms with Gasteiger partial charge in [0.2, 0.25) is 0 Å². The van der Waals surface area contributed by atoms with Gasteiger partial charge in [0.15, 0.2) is 0 Å². The van der Waals surface area contributed by atoms with E-state index in [1.54, 1.807) is 11.1 Å². The van der Waals surface area contributed by atoms with Crippen LogP contribution in [-0.4, -0.2) is 27.6 Å². The Labute approximate surface area is 272 Å². The summed E-state index contributed by atoms with van der Waals surface area (Å²) in [5.74, 6) is 0. The van der Waals surface area contributed by atoms with Gasteiger partial charge < -0.3 is 0 Å². The second-order valence-corrected chi connectivity index (χ2v) is 21.0. The Bertz CT molecular complexity index is 1210. The molecule has 3 aromatic rings. The lowest BCUT2D eigenvalue weighted by Gasteiger charge is -2.39. The fraction of sp³-hybridized carbons (Fsp3) is 0.667. The monoisotopic (exact) mass is 677 g/mol. The predicted octanol–water partition coefficient (Wildman–Crippen LogP) is 13.4. The number of rotatable bonds is 8. The van der Waals surface area contributed by atoms with Crippen molar-refractivity contribution in [2.75, 3.05) is 0 Å². The third kappa shape index (κ3) is 7.08. The largest absolute Gasteiger partial charge is 0.247 e. The van der Waals surface area contributed by atoms with Crippen LogP contribution in [0, 0.1) is 0 Å². The summed E-state index contributed by atoms with van der Waals surface area (Å²) in [6, 6.07) is 14.3. The Morgan fingerprint density at radius 1 is 0.488 bits per heavy atom. The van der Waals surface area contributed by atoms with E-state index >= 15 is 0 Å². The van der Waals surface area contributed by atoms with Crippen LogP contribution in [0.4, 0.5) is 0 Å². The first-order valence-corrected chi connectivity index (χ1v) is 22.4. The minimum atomic E-state index is 0.00939. The molecule has 232 valence electrons. The highest BCUT2D eigenvalue weighted by molar-refractivity contribution is 9.10. The fourth-order valence-corrected chi connectivity index (χ4v) is 17.7. The first-order chi connectivity index (χ1) is 21.3. The van der Waals surface area contributed by atoms with Gasteiger partial charge in [-0.2, -0.15) is 0 Å². The van der Waals surface area contributed by atoms with Gasteiger partial charge in [-0.3, -0.25) is 0 Å². The molecular weight excluding hydrogens is 624 g/mol. The lowest BCUT2D eigenvalue weighted by atomic mass is 9.99. The molecule has 0 radical (unpaired) electrons. The van der Waals surface area contributed by atoms with E-state index in [4.69, 9.17) is 4.98 Å². The normalized spacial score (nSPS) is 22.3. The molecule has 1 heterocycles. The molecule has 0 amide bonds. The molecule has 7 rings (SSSR count). The van der Waals surface area contributed by atoms with Gasteiger partial charge in [0.1, 0.15) is 0 Å². The van der Waals surface area contributed by atoms with Gasteiger partial charge in [0.25, 0.3) is 0 Å². The van der Waals surface area contributed by atoms with Crippen LogP contribution < -0.4 is 0 Å². The van der Waals surface area contributed by atoms with Gasteiger partial charge in [0.05, 0.1) is 11.0 Å². The highest BCUT2D eigenvalue weighted by atomic mass is 79.9. The molecule has 0 unspecified atom stereocenters. The topological polar surface area (TPSA) is 12.9 Å². The van der Waals surface area contributed by atoms with Crippen LogP contribution in [0.25, 0.3) is 21.8 Å². The molecule has 1 nitrogen and oxygen atoms in total. The number of para-hydroxylation sites is 2. The molecule has 0 N–H and O–H groups in total. The molecule has 0 saturated heterocycles. The van der Waals surface area contributed by atoms with E-state index in [1.807, 2.05) is 0 Å². The number of benzene rings is 2. The van der Waals surface area contributed by atoms with Crippen LogP contribution in [-0.2, 0) is 12.3 Å². The summed E-state index contributed by atoms with van der Waals surface area (Å²) in [6.45, 7) is 0. The average molecular weight is 679 g/mol. The first kappa shape index (κ1) is 31.1. The average Bonchev–Trinajstić information content (AvgIpc) is 3.08. The Morgan fingerprint density at radius 3 is 1.14 bits per heavy atom.